The van der Waals surface area contributed by atoms with E-state index in [2.05, 4.69) is 14.7 Å². The summed E-state index contributed by atoms with van der Waals surface area (Å²) >= 11 is 1.46. The molecule has 0 amide bonds. The van der Waals surface area contributed by atoms with Crippen LogP contribution in [0.1, 0.15) is 0 Å². The first kappa shape index (κ1) is 13.8. The zero-order valence-electron chi connectivity index (χ0n) is 10.0. The van der Waals surface area contributed by atoms with Crippen molar-refractivity contribution in [1.29, 1.82) is 0 Å². The number of thioether (sulfide) groups is 1. The van der Waals surface area contributed by atoms with Crippen molar-refractivity contribution in [1.82, 2.24) is 9.97 Å². The zero-order valence-corrected chi connectivity index (χ0v) is 11.7. The van der Waals surface area contributed by atoms with Crippen molar-refractivity contribution in [2.75, 3.05) is 22.0 Å². The molecule has 0 fully saturated rings. The van der Waals surface area contributed by atoms with Gasteiger partial charge in [0.2, 0.25) is 16.0 Å². The Morgan fingerprint density at radius 2 is 2.05 bits per heavy atom. The largest absolute Gasteiger partial charge is 0.399 e. The normalized spacial score (nSPS) is 11.4. The van der Waals surface area contributed by atoms with Gasteiger partial charge < -0.3 is 10.7 Å². The summed E-state index contributed by atoms with van der Waals surface area (Å²) in [5.41, 5.74) is 6.27. The van der Waals surface area contributed by atoms with Gasteiger partial charge in [-0.3, -0.25) is 4.72 Å². The fourth-order valence-electron chi connectivity index (χ4n) is 1.35. The molecule has 0 bridgehead atoms. The monoisotopic (exact) mass is 298 g/mol. The van der Waals surface area contributed by atoms with E-state index in [4.69, 9.17) is 5.73 Å². The van der Waals surface area contributed by atoms with Crippen LogP contribution in [-0.4, -0.2) is 29.9 Å². The quantitative estimate of drug-likeness (QED) is 0.554. The number of sulfonamides is 1. The summed E-state index contributed by atoms with van der Waals surface area (Å²) in [6.45, 7) is 0. The molecule has 0 atom stereocenters. The predicted octanol–water partition coefficient (Wildman–Crippen LogP) is 1.53. The lowest BCUT2D eigenvalue weighted by Gasteiger charge is -2.05. The summed E-state index contributed by atoms with van der Waals surface area (Å²) in [5, 5.41) is 0. The van der Waals surface area contributed by atoms with Gasteiger partial charge in [-0.25, -0.2) is 13.4 Å². The number of hydrogen-bond donors (Lipinski definition) is 3. The second kappa shape index (κ2) is 5.98. The molecule has 0 radical (unpaired) electrons. The lowest BCUT2D eigenvalue weighted by molar-refractivity contribution is 0.602. The molecule has 0 saturated heterocycles. The van der Waals surface area contributed by atoms with Crippen molar-refractivity contribution in [3.8, 4) is 0 Å². The Bertz CT molecular complexity index is 609. The van der Waals surface area contributed by atoms with Gasteiger partial charge in [-0.05, 0) is 24.3 Å². The third kappa shape index (κ3) is 4.49. The van der Waals surface area contributed by atoms with Crippen molar-refractivity contribution >= 4 is 33.4 Å². The Hall–Kier alpha value is -1.67. The molecule has 1 aromatic heterocycles. The first-order valence-corrected chi connectivity index (χ1v) is 8.17. The van der Waals surface area contributed by atoms with Gasteiger partial charge in [0.1, 0.15) is 0 Å². The Labute approximate surface area is 115 Å². The topological polar surface area (TPSA) is 101 Å². The van der Waals surface area contributed by atoms with E-state index in [9.17, 15) is 8.42 Å². The van der Waals surface area contributed by atoms with Crippen LogP contribution in [-0.2, 0) is 10.0 Å². The second-order valence-electron chi connectivity index (χ2n) is 3.78. The number of imidazole rings is 1. The van der Waals surface area contributed by atoms with Crippen LogP contribution in [0.3, 0.4) is 0 Å². The van der Waals surface area contributed by atoms with Crippen LogP contribution in [0.2, 0.25) is 0 Å². The van der Waals surface area contributed by atoms with Crippen LogP contribution in [0.4, 0.5) is 11.6 Å². The summed E-state index contributed by atoms with van der Waals surface area (Å²) in [6, 6.07) is 7.31. The SMILES string of the molecule is Nc1ccc(SCCS(=O)(=O)Nc2ncc[nH]2)cc1. The maximum absolute atomic E-state index is 11.7. The number of benzene rings is 1. The number of nitrogens with two attached hydrogens (primary N) is 1. The van der Waals surface area contributed by atoms with Crippen molar-refractivity contribution in [3.05, 3.63) is 36.7 Å². The van der Waals surface area contributed by atoms with Crippen LogP contribution in [0.25, 0.3) is 0 Å². The molecule has 0 saturated carbocycles. The van der Waals surface area contributed by atoms with Gasteiger partial charge in [0, 0.05) is 28.7 Å². The van der Waals surface area contributed by atoms with Gasteiger partial charge in [-0.2, -0.15) is 0 Å². The molecule has 2 rings (SSSR count). The number of anilines is 2. The first-order valence-electron chi connectivity index (χ1n) is 5.53. The third-order valence-corrected chi connectivity index (χ3v) is 4.77. The maximum Gasteiger partial charge on any atom is 0.235 e. The van der Waals surface area contributed by atoms with E-state index in [0.29, 0.717) is 11.4 Å². The number of aromatic nitrogens is 2. The number of hydrogen-bond acceptors (Lipinski definition) is 5. The molecule has 6 nitrogen and oxygen atoms in total. The van der Waals surface area contributed by atoms with E-state index >= 15 is 0 Å². The average Bonchev–Trinajstić information content (AvgIpc) is 2.83. The highest BCUT2D eigenvalue weighted by Crippen LogP contribution is 2.19. The lowest BCUT2D eigenvalue weighted by atomic mass is 10.3. The second-order valence-corrected chi connectivity index (χ2v) is 6.79. The molecule has 0 aliphatic carbocycles. The molecule has 0 spiro atoms. The predicted molar refractivity (Wildman–Crippen MR) is 77.6 cm³/mol. The average molecular weight is 298 g/mol. The number of nitrogens with zero attached hydrogens (tertiary/aromatic N) is 1. The summed E-state index contributed by atoms with van der Waals surface area (Å²) in [4.78, 5) is 7.48. The summed E-state index contributed by atoms with van der Waals surface area (Å²) in [6.07, 6.45) is 3.04. The lowest BCUT2D eigenvalue weighted by Crippen LogP contribution is -2.18. The highest BCUT2D eigenvalue weighted by molar-refractivity contribution is 8.01. The molecule has 8 heteroatoms. The Balaban J connectivity index is 1.83. The van der Waals surface area contributed by atoms with Gasteiger partial charge in [0.05, 0.1) is 5.75 Å². The molecule has 1 aromatic carbocycles. The number of H-pyrrole nitrogens is 1. The number of aromatic amines is 1. The van der Waals surface area contributed by atoms with Gasteiger partial charge in [0.25, 0.3) is 0 Å². The number of nitrogens with one attached hydrogen (secondary N) is 2. The van der Waals surface area contributed by atoms with Gasteiger partial charge >= 0.3 is 0 Å². The van der Waals surface area contributed by atoms with Crippen molar-refractivity contribution in [3.63, 3.8) is 0 Å². The minimum absolute atomic E-state index is 0.0166. The minimum Gasteiger partial charge on any atom is -0.399 e. The van der Waals surface area contributed by atoms with E-state index in [1.165, 1.54) is 18.0 Å². The standard InChI is InChI=1S/C11H14N4O2S2/c12-9-1-3-10(4-2-9)18-7-8-19(16,17)15-11-13-5-6-14-11/h1-6H,7-8,12H2,(H2,13,14,15). The van der Waals surface area contributed by atoms with Crippen molar-refractivity contribution in [2.24, 2.45) is 0 Å². The summed E-state index contributed by atoms with van der Waals surface area (Å²) < 4.78 is 25.8. The zero-order chi connectivity index (χ0) is 13.7. The fraction of sp³-hybridized carbons (Fsp3) is 0.182. The van der Waals surface area contributed by atoms with Crippen LogP contribution in [0.15, 0.2) is 41.6 Å². The highest BCUT2D eigenvalue weighted by atomic mass is 32.2. The molecule has 1 heterocycles. The molecule has 0 aliphatic heterocycles. The fourth-order valence-corrected chi connectivity index (χ4v) is 3.64. The molecular weight excluding hydrogens is 284 g/mol. The van der Waals surface area contributed by atoms with Gasteiger partial charge in [0.15, 0.2) is 0 Å². The molecule has 4 N–H and O–H groups in total. The molecular formula is C11H14N4O2S2. The smallest absolute Gasteiger partial charge is 0.235 e. The van der Waals surface area contributed by atoms with Crippen molar-refractivity contribution in [2.45, 2.75) is 4.90 Å². The van der Waals surface area contributed by atoms with E-state index in [-0.39, 0.29) is 11.7 Å². The van der Waals surface area contributed by atoms with E-state index in [0.717, 1.165) is 4.90 Å². The molecule has 0 aliphatic rings. The van der Waals surface area contributed by atoms with E-state index < -0.39 is 10.0 Å². The first-order chi connectivity index (χ1) is 9.05. The summed E-state index contributed by atoms with van der Waals surface area (Å²) in [5.74, 6) is 0.709. The van der Waals surface area contributed by atoms with Gasteiger partial charge in [-0.15, -0.1) is 11.8 Å². The Morgan fingerprint density at radius 3 is 2.68 bits per heavy atom. The maximum atomic E-state index is 11.7. The Morgan fingerprint density at radius 1 is 1.32 bits per heavy atom. The van der Waals surface area contributed by atoms with E-state index in [1.54, 1.807) is 18.3 Å². The summed E-state index contributed by atoms with van der Waals surface area (Å²) in [7, 11) is -3.37. The Kier molecular flexibility index (Phi) is 4.33. The third-order valence-electron chi connectivity index (χ3n) is 2.25. The molecule has 0 unspecified atom stereocenters. The minimum atomic E-state index is -3.37. The molecule has 19 heavy (non-hydrogen) atoms. The van der Waals surface area contributed by atoms with Crippen LogP contribution >= 0.6 is 11.8 Å². The van der Waals surface area contributed by atoms with Crippen molar-refractivity contribution < 1.29 is 8.42 Å². The number of nitrogen functional groups attached to an aromatic ring is 1. The highest BCUT2D eigenvalue weighted by Gasteiger charge is 2.11. The molecule has 102 valence electrons. The molecule has 2 aromatic rings. The van der Waals surface area contributed by atoms with Crippen LogP contribution < -0.4 is 10.5 Å². The van der Waals surface area contributed by atoms with Crippen LogP contribution in [0.5, 0.6) is 0 Å². The van der Waals surface area contributed by atoms with E-state index in [1.807, 2.05) is 12.1 Å². The van der Waals surface area contributed by atoms with Crippen LogP contribution in [0, 0.1) is 0 Å². The number of rotatable bonds is 6. The van der Waals surface area contributed by atoms with Gasteiger partial charge in [-0.1, -0.05) is 0 Å².